The lowest BCUT2D eigenvalue weighted by Gasteiger charge is -2.26. The highest BCUT2D eigenvalue weighted by Crippen LogP contribution is 2.26. The largest absolute Gasteiger partial charge is 0.386 e. The Balaban J connectivity index is 1.94. The molecule has 1 aliphatic heterocycles. The number of hydrogen-bond donors (Lipinski definition) is 2. The molecule has 0 spiro atoms. The van der Waals surface area contributed by atoms with Crippen LogP contribution in [-0.4, -0.2) is 34.9 Å². The monoisotopic (exact) mass is 344 g/mol. The van der Waals surface area contributed by atoms with Crippen molar-refractivity contribution in [2.45, 2.75) is 31.6 Å². The molecular weight excluding hydrogens is 328 g/mol. The molecule has 0 amide bonds. The van der Waals surface area contributed by atoms with E-state index < -0.39 is 10.5 Å². The van der Waals surface area contributed by atoms with E-state index >= 15 is 0 Å². The molecule has 20 heavy (non-hydrogen) atoms. The zero-order chi connectivity index (χ0) is 14.8. The summed E-state index contributed by atoms with van der Waals surface area (Å²) in [7, 11) is 0. The lowest BCUT2D eigenvalue weighted by molar-refractivity contribution is -0.385. The number of rotatable bonds is 5. The molecule has 0 radical (unpaired) electrons. The quantitative estimate of drug-likeness (QED) is 0.630. The van der Waals surface area contributed by atoms with Crippen molar-refractivity contribution in [3.05, 3.63) is 38.3 Å². The molecule has 0 saturated carbocycles. The molecular formula is C13H17BrN2O4. The van der Waals surface area contributed by atoms with E-state index in [0.29, 0.717) is 30.6 Å². The molecule has 0 bridgehead atoms. The van der Waals surface area contributed by atoms with Gasteiger partial charge in [-0.05, 0) is 34.5 Å². The number of benzene rings is 1. The summed E-state index contributed by atoms with van der Waals surface area (Å²) in [5.74, 6) is 0. The van der Waals surface area contributed by atoms with Crippen LogP contribution in [0.1, 0.15) is 18.9 Å². The van der Waals surface area contributed by atoms with Crippen LogP contribution in [0.3, 0.4) is 0 Å². The Morgan fingerprint density at radius 2 is 2.40 bits per heavy atom. The van der Waals surface area contributed by atoms with Crippen LogP contribution in [0, 0.1) is 10.1 Å². The number of ether oxygens (including phenoxy) is 1. The van der Waals surface area contributed by atoms with Gasteiger partial charge in [0.2, 0.25) is 0 Å². The van der Waals surface area contributed by atoms with Gasteiger partial charge in [-0.2, -0.15) is 0 Å². The second kappa shape index (κ2) is 6.17. The van der Waals surface area contributed by atoms with Gasteiger partial charge in [-0.3, -0.25) is 10.1 Å². The second-order valence-electron chi connectivity index (χ2n) is 5.01. The summed E-state index contributed by atoms with van der Waals surface area (Å²) in [6, 6.07) is 4.99. The Labute approximate surface area is 125 Å². The van der Waals surface area contributed by atoms with Gasteiger partial charge < -0.3 is 15.2 Å². The average molecular weight is 345 g/mol. The van der Waals surface area contributed by atoms with Crippen LogP contribution in [-0.2, 0) is 11.3 Å². The van der Waals surface area contributed by atoms with Crippen molar-refractivity contribution in [3.63, 3.8) is 0 Å². The van der Waals surface area contributed by atoms with Crippen molar-refractivity contribution in [3.8, 4) is 0 Å². The highest BCUT2D eigenvalue weighted by molar-refractivity contribution is 9.10. The standard InChI is InChI=1S/C13H17BrN2O4/c1-9-13(17,4-5-20-9)8-15-7-10-2-3-11(14)12(6-10)16(18)19/h2-3,6,9,15,17H,4-5,7-8H2,1H3. The van der Waals surface area contributed by atoms with Crippen molar-refractivity contribution in [2.24, 2.45) is 0 Å². The first-order valence-electron chi connectivity index (χ1n) is 6.40. The molecule has 110 valence electrons. The molecule has 1 aromatic rings. The maximum absolute atomic E-state index is 10.8. The number of aliphatic hydroxyl groups is 1. The minimum absolute atomic E-state index is 0.0422. The van der Waals surface area contributed by atoms with E-state index in [1.165, 1.54) is 6.07 Å². The smallest absolute Gasteiger partial charge is 0.283 e. The normalized spacial score (nSPS) is 25.9. The topological polar surface area (TPSA) is 84.6 Å². The summed E-state index contributed by atoms with van der Waals surface area (Å²) in [5.41, 5.74) is -0.0166. The molecule has 2 atom stereocenters. The van der Waals surface area contributed by atoms with Crippen LogP contribution < -0.4 is 5.32 Å². The molecule has 0 aromatic heterocycles. The molecule has 6 nitrogen and oxygen atoms in total. The lowest BCUT2D eigenvalue weighted by atomic mass is 9.96. The second-order valence-corrected chi connectivity index (χ2v) is 5.87. The summed E-state index contributed by atoms with van der Waals surface area (Å²) in [4.78, 5) is 10.4. The van der Waals surface area contributed by atoms with Gasteiger partial charge in [-0.25, -0.2) is 0 Å². The number of nitrogens with one attached hydrogen (secondary N) is 1. The van der Waals surface area contributed by atoms with Gasteiger partial charge in [0, 0.05) is 32.2 Å². The Morgan fingerprint density at radius 1 is 1.65 bits per heavy atom. The highest BCUT2D eigenvalue weighted by atomic mass is 79.9. The molecule has 2 rings (SSSR count). The lowest BCUT2D eigenvalue weighted by Crippen LogP contribution is -2.45. The highest BCUT2D eigenvalue weighted by Gasteiger charge is 2.38. The predicted molar refractivity (Wildman–Crippen MR) is 77.5 cm³/mol. The van der Waals surface area contributed by atoms with Crippen molar-refractivity contribution in [2.75, 3.05) is 13.2 Å². The zero-order valence-corrected chi connectivity index (χ0v) is 12.7. The van der Waals surface area contributed by atoms with Crippen molar-refractivity contribution in [1.29, 1.82) is 0 Å². The summed E-state index contributed by atoms with van der Waals surface area (Å²) in [6.45, 7) is 3.27. The van der Waals surface area contributed by atoms with Gasteiger partial charge in [0.1, 0.15) is 5.60 Å². The minimum Gasteiger partial charge on any atom is -0.386 e. The Kier molecular flexibility index (Phi) is 4.74. The first-order valence-corrected chi connectivity index (χ1v) is 7.19. The van der Waals surface area contributed by atoms with E-state index in [4.69, 9.17) is 4.74 Å². The molecule has 1 heterocycles. The summed E-state index contributed by atoms with van der Waals surface area (Å²) >= 11 is 3.15. The SMILES string of the molecule is CC1OCCC1(O)CNCc1ccc(Br)c([N+](=O)[O-])c1. The Morgan fingerprint density at radius 3 is 3.00 bits per heavy atom. The van der Waals surface area contributed by atoms with Crippen LogP contribution in [0.15, 0.2) is 22.7 Å². The van der Waals surface area contributed by atoms with Gasteiger partial charge in [0.05, 0.1) is 15.5 Å². The van der Waals surface area contributed by atoms with E-state index in [0.717, 1.165) is 5.56 Å². The summed E-state index contributed by atoms with van der Waals surface area (Å²) < 4.78 is 5.81. The van der Waals surface area contributed by atoms with Crippen LogP contribution in [0.5, 0.6) is 0 Å². The fourth-order valence-electron chi connectivity index (χ4n) is 2.23. The number of nitro groups is 1. The molecule has 0 aliphatic carbocycles. The maximum Gasteiger partial charge on any atom is 0.283 e. The van der Waals surface area contributed by atoms with Gasteiger partial charge in [0.25, 0.3) is 5.69 Å². The maximum atomic E-state index is 10.8. The minimum atomic E-state index is -0.860. The summed E-state index contributed by atoms with van der Waals surface area (Å²) in [6.07, 6.45) is 0.399. The fraction of sp³-hybridized carbons (Fsp3) is 0.538. The Bertz CT molecular complexity index is 511. The van der Waals surface area contributed by atoms with Gasteiger partial charge >= 0.3 is 0 Å². The van der Waals surface area contributed by atoms with Crippen LogP contribution >= 0.6 is 15.9 Å². The zero-order valence-electron chi connectivity index (χ0n) is 11.1. The number of nitrogens with zero attached hydrogens (tertiary/aromatic N) is 1. The molecule has 7 heteroatoms. The van der Waals surface area contributed by atoms with Crippen molar-refractivity contribution in [1.82, 2.24) is 5.32 Å². The van der Waals surface area contributed by atoms with E-state index in [2.05, 4.69) is 21.2 Å². The van der Waals surface area contributed by atoms with Gasteiger partial charge in [-0.1, -0.05) is 6.07 Å². The number of halogens is 1. The number of nitro benzene ring substituents is 1. The third-order valence-corrected chi connectivity index (χ3v) is 4.30. The van der Waals surface area contributed by atoms with E-state index in [-0.39, 0.29) is 11.8 Å². The van der Waals surface area contributed by atoms with E-state index in [1.54, 1.807) is 6.07 Å². The summed E-state index contributed by atoms with van der Waals surface area (Å²) in [5, 5.41) is 24.3. The molecule has 2 N–H and O–H groups in total. The van der Waals surface area contributed by atoms with E-state index in [1.807, 2.05) is 13.0 Å². The number of hydrogen-bond acceptors (Lipinski definition) is 5. The third kappa shape index (κ3) is 3.35. The molecule has 1 fully saturated rings. The van der Waals surface area contributed by atoms with Crippen molar-refractivity contribution >= 4 is 21.6 Å². The average Bonchev–Trinajstić information content (AvgIpc) is 2.71. The van der Waals surface area contributed by atoms with Crippen molar-refractivity contribution < 1.29 is 14.8 Å². The van der Waals surface area contributed by atoms with Gasteiger partial charge in [-0.15, -0.1) is 0 Å². The fourth-order valence-corrected chi connectivity index (χ4v) is 2.63. The first-order chi connectivity index (χ1) is 9.42. The molecule has 2 unspecified atom stereocenters. The Hall–Kier alpha value is -1.02. The van der Waals surface area contributed by atoms with Crippen LogP contribution in [0.25, 0.3) is 0 Å². The molecule has 1 aromatic carbocycles. The van der Waals surface area contributed by atoms with Crippen LogP contribution in [0.2, 0.25) is 0 Å². The third-order valence-electron chi connectivity index (χ3n) is 3.63. The van der Waals surface area contributed by atoms with E-state index in [9.17, 15) is 15.2 Å². The van der Waals surface area contributed by atoms with Gasteiger partial charge in [0.15, 0.2) is 0 Å². The van der Waals surface area contributed by atoms with Crippen LogP contribution in [0.4, 0.5) is 5.69 Å². The first kappa shape index (κ1) is 15.4. The molecule has 1 aliphatic rings. The molecule has 1 saturated heterocycles. The predicted octanol–water partition coefficient (Wildman–Crippen LogP) is 1.99.